The Morgan fingerprint density at radius 3 is 3.00 bits per heavy atom. The maximum atomic E-state index is 11.6. The fourth-order valence-corrected chi connectivity index (χ4v) is 1.58. The number of nitrogens with one attached hydrogen (secondary N) is 1. The molecular weight excluding hydrogens is 254 g/mol. The molecule has 94 valence electrons. The van der Waals surface area contributed by atoms with Crippen LogP contribution in [0.3, 0.4) is 0 Å². The van der Waals surface area contributed by atoms with E-state index in [0.29, 0.717) is 16.5 Å². The lowest BCUT2D eigenvalue weighted by Crippen LogP contribution is -2.14. The first-order valence-electron chi connectivity index (χ1n) is 5.37. The Kier molecular flexibility index (Phi) is 3.89. The normalized spacial score (nSPS) is 10.1. The average molecular weight is 266 g/mol. The van der Waals surface area contributed by atoms with E-state index in [1.54, 1.807) is 24.3 Å². The Balaban J connectivity index is 1.92. The van der Waals surface area contributed by atoms with Gasteiger partial charge in [-0.25, -0.2) is 4.79 Å². The lowest BCUT2D eigenvalue weighted by atomic mass is 10.2. The van der Waals surface area contributed by atoms with E-state index in [9.17, 15) is 4.79 Å². The molecule has 2 rings (SSSR count). The van der Waals surface area contributed by atoms with Gasteiger partial charge in [-0.2, -0.15) is 0 Å². The summed E-state index contributed by atoms with van der Waals surface area (Å²) in [6.07, 6.45) is 0.981. The molecule has 0 radical (unpaired) electrons. The van der Waals surface area contributed by atoms with Crippen molar-refractivity contribution in [1.82, 2.24) is 0 Å². The molecule has 1 amide bonds. The summed E-state index contributed by atoms with van der Waals surface area (Å²) in [6, 6.07) is 8.72. The summed E-state index contributed by atoms with van der Waals surface area (Å²) in [7, 11) is 0. The van der Waals surface area contributed by atoms with Crippen LogP contribution < -0.4 is 5.32 Å². The number of amides is 1. The second-order valence-electron chi connectivity index (χ2n) is 3.74. The molecule has 0 saturated carbocycles. The molecule has 0 bridgehead atoms. The third-order valence-corrected chi connectivity index (χ3v) is 2.60. The molecule has 5 heteroatoms. The number of aryl methyl sites for hydroxylation is 1. The Morgan fingerprint density at radius 1 is 1.44 bits per heavy atom. The summed E-state index contributed by atoms with van der Waals surface area (Å²) in [5.41, 5.74) is 1.54. The minimum absolute atomic E-state index is 0.0957. The van der Waals surface area contributed by atoms with Gasteiger partial charge in [-0.3, -0.25) is 5.32 Å². The second kappa shape index (κ2) is 5.60. The number of ether oxygens (including phenoxy) is 1. The molecule has 1 N–H and O–H groups in total. The Hall–Kier alpha value is -1.94. The van der Waals surface area contributed by atoms with Gasteiger partial charge >= 0.3 is 6.09 Å². The number of rotatable bonds is 3. The van der Waals surface area contributed by atoms with E-state index >= 15 is 0 Å². The standard InChI is InChI=1S/C13H12ClNO3/c1-9-4-5-10(14)7-12(9)15-13(16)18-8-11-3-2-6-17-11/h2-7H,8H2,1H3,(H,15,16). The third kappa shape index (κ3) is 3.28. The first-order valence-corrected chi connectivity index (χ1v) is 5.75. The highest BCUT2D eigenvalue weighted by Crippen LogP contribution is 2.20. The summed E-state index contributed by atoms with van der Waals surface area (Å²) in [4.78, 5) is 11.6. The summed E-state index contributed by atoms with van der Waals surface area (Å²) in [5.74, 6) is 0.591. The molecule has 4 nitrogen and oxygen atoms in total. The number of benzene rings is 1. The molecule has 0 fully saturated rings. The quantitative estimate of drug-likeness (QED) is 0.913. The van der Waals surface area contributed by atoms with Crippen molar-refractivity contribution in [1.29, 1.82) is 0 Å². The zero-order valence-corrected chi connectivity index (χ0v) is 10.5. The molecule has 1 aromatic heterocycles. The van der Waals surface area contributed by atoms with Gasteiger partial charge in [0.2, 0.25) is 0 Å². The van der Waals surface area contributed by atoms with E-state index in [1.165, 1.54) is 6.26 Å². The van der Waals surface area contributed by atoms with Crippen LogP contribution in [0.15, 0.2) is 41.0 Å². The number of halogens is 1. The van der Waals surface area contributed by atoms with Gasteiger partial charge in [0.1, 0.15) is 5.76 Å². The summed E-state index contributed by atoms with van der Waals surface area (Å²) in [6.45, 7) is 1.97. The van der Waals surface area contributed by atoms with Crippen molar-refractivity contribution in [2.45, 2.75) is 13.5 Å². The first kappa shape index (κ1) is 12.5. The molecule has 0 saturated heterocycles. The zero-order valence-electron chi connectivity index (χ0n) is 9.77. The molecule has 0 aliphatic carbocycles. The number of carbonyl (C=O) groups is 1. The minimum atomic E-state index is -0.545. The van der Waals surface area contributed by atoms with Crippen LogP contribution in [0.1, 0.15) is 11.3 Å². The van der Waals surface area contributed by atoms with Gasteiger partial charge in [0.25, 0.3) is 0 Å². The minimum Gasteiger partial charge on any atom is -0.466 e. The van der Waals surface area contributed by atoms with Crippen LogP contribution in [0.25, 0.3) is 0 Å². The Labute approximate surface area is 110 Å². The molecule has 1 heterocycles. The smallest absolute Gasteiger partial charge is 0.412 e. The van der Waals surface area contributed by atoms with Crippen molar-refractivity contribution in [3.05, 3.63) is 52.9 Å². The molecule has 2 aromatic rings. The zero-order chi connectivity index (χ0) is 13.0. The van der Waals surface area contributed by atoms with Crippen molar-refractivity contribution < 1.29 is 13.9 Å². The number of carbonyl (C=O) groups excluding carboxylic acids is 1. The first-order chi connectivity index (χ1) is 8.65. The van der Waals surface area contributed by atoms with Crippen molar-refractivity contribution >= 4 is 23.4 Å². The number of hydrogen-bond acceptors (Lipinski definition) is 3. The monoisotopic (exact) mass is 265 g/mol. The molecule has 0 unspecified atom stereocenters. The largest absolute Gasteiger partial charge is 0.466 e. The van der Waals surface area contributed by atoms with E-state index < -0.39 is 6.09 Å². The highest BCUT2D eigenvalue weighted by Gasteiger charge is 2.07. The molecule has 0 spiro atoms. The van der Waals surface area contributed by atoms with Gasteiger partial charge in [-0.15, -0.1) is 0 Å². The van der Waals surface area contributed by atoms with Crippen molar-refractivity contribution in [3.63, 3.8) is 0 Å². The Morgan fingerprint density at radius 2 is 2.28 bits per heavy atom. The molecule has 0 aliphatic rings. The van der Waals surface area contributed by atoms with Crippen LogP contribution in [0.2, 0.25) is 5.02 Å². The highest BCUT2D eigenvalue weighted by atomic mass is 35.5. The van der Waals surface area contributed by atoms with Gasteiger partial charge < -0.3 is 9.15 Å². The third-order valence-electron chi connectivity index (χ3n) is 2.36. The number of anilines is 1. The fraction of sp³-hybridized carbons (Fsp3) is 0.154. The number of hydrogen-bond donors (Lipinski definition) is 1. The van der Waals surface area contributed by atoms with Crippen LogP contribution in [-0.4, -0.2) is 6.09 Å². The molecule has 18 heavy (non-hydrogen) atoms. The molecule has 1 aromatic carbocycles. The number of furan rings is 1. The van der Waals surface area contributed by atoms with Crippen LogP contribution >= 0.6 is 11.6 Å². The van der Waals surface area contributed by atoms with Crippen molar-refractivity contribution in [2.24, 2.45) is 0 Å². The highest BCUT2D eigenvalue weighted by molar-refractivity contribution is 6.30. The Bertz CT molecular complexity index is 537. The maximum Gasteiger partial charge on any atom is 0.412 e. The molecular formula is C13H12ClNO3. The van der Waals surface area contributed by atoms with Crippen LogP contribution in [0, 0.1) is 6.92 Å². The summed E-state index contributed by atoms with van der Waals surface area (Å²) in [5, 5.41) is 3.18. The average Bonchev–Trinajstić information content (AvgIpc) is 2.84. The van der Waals surface area contributed by atoms with E-state index in [1.807, 2.05) is 13.0 Å². The van der Waals surface area contributed by atoms with Gasteiger partial charge in [-0.05, 0) is 36.8 Å². The van der Waals surface area contributed by atoms with Crippen LogP contribution in [0.5, 0.6) is 0 Å². The second-order valence-corrected chi connectivity index (χ2v) is 4.18. The predicted molar refractivity (Wildman–Crippen MR) is 68.7 cm³/mol. The topological polar surface area (TPSA) is 51.5 Å². The van der Waals surface area contributed by atoms with Gasteiger partial charge in [-0.1, -0.05) is 17.7 Å². The predicted octanol–water partition coefficient (Wildman–Crippen LogP) is 3.99. The van der Waals surface area contributed by atoms with E-state index in [-0.39, 0.29) is 6.61 Å². The van der Waals surface area contributed by atoms with Gasteiger partial charge in [0, 0.05) is 10.7 Å². The molecule has 0 atom stereocenters. The fourth-order valence-electron chi connectivity index (χ4n) is 1.41. The maximum absolute atomic E-state index is 11.6. The van der Waals surface area contributed by atoms with Crippen LogP contribution in [-0.2, 0) is 11.3 Å². The van der Waals surface area contributed by atoms with Gasteiger partial charge in [0.15, 0.2) is 6.61 Å². The lowest BCUT2D eigenvalue weighted by Gasteiger charge is -2.08. The van der Waals surface area contributed by atoms with E-state index in [4.69, 9.17) is 20.8 Å². The SMILES string of the molecule is Cc1ccc(Cl)cc1NC(=O)OCc1ccco1. The van der Waals surface area contributed by atoms with Crippen LogP contribution in [0.4, 0.5) is 10.5 Å². The summed E-state index contributed by atoms with van der Waals surface area (Å²) < 4.78 is 10.0. The lowest BCUT2D eigenvalue weighted by molar-refractivity contribution is 0.146. The van der Waals surface area contributed by atoms with E-state index in [0.717, 1.165) is 5.56 Å². The van der Waals surface area contributed by atoms with E-state index in [2.05, 4.69) is 5.32 Å². The van der Waals surface area contributed by atoms with Crippen molar-refractivity contribution in [3.8, 4) is 0 Å². The van der Waals surface area contributed by atoms with Crippen molar-refractivity contribution in [2.75, 3.05) is 5.32 Å². The molecule has 0 aliphatic heterocycles. The summed E-state index contributed by atoms with van der Waals surface area (Å²) >= 11 is 5.85. The van der Waals surface area contributed by atoms with Gasteiger partial charge in [0.05, 0.1) is 6.26 Å².